The SMILES string of the molecule is O=C(Nc1cccc(Nc2ccccc2)c1)c1cnc2ccccc2n1. The highest BCUT2D eigenvalue weighted by Gasteiger charge is 2.10. The summed E-state index contributed by atoms with van der Waals surface area (Å²) in [6.07, 6.45) is 1.49. The third-order valence-corrected chi connectivity index (χ3v) is 3.86. The number of fused-ring (bicyclic) bond motifs is 1. The minimum absolute atomic E-state index is 0.283. The van der Waals surface area contributed by atoms with Gasteiger partial charge in [-0.05, 0) is 42.5 Å². The van der Waals surface area contributed by atoms with Crippen molar-refractivity contribution >= 4 is 34.0 Å². The molecule has 0 fully saturated rings. The highest BCUT2D eigenvalue weighted by molar-refractivity contribution is 6.03. The molecule has 0 saturated carbocycles. The zero-order valence-electron chi connectivity index (χ0n) is 13.9. The number of aromatic nitrogens is 2. The molecule has 1 amide bonds. The van der Waals surface area contributed by atoms with Crippen molar-refractivity contribution in [1.82, 2.24) is 9.97 Å². The molecular weight excluding hydrogens is 324 g/mol. The number of benzene rings is 3. The van der Waals surface area contributed by atoms with Crippen LogP contribution in [0.2, 0.25) is 0 Å². The molecule has 3 aromatic carbocycles. The first-order valence-electron chi connectivity index (χ1n) is 8.23. The lowest BCUT2D eigenvalue weighted by Gasteiger charge is -2.09. The second kappa shape index (κ2) is 7.03. The Morgan fingerprint density at radius 3 is 2.27 bits per heavy atom. The molecule has 0 aliphatic carbocycles. The van der Waals surface area contributed by atoms with E-state index in [2.05, 4.69) is 20.6 Å². The van der Waals surface area contributed by atoms with Gasteiger partial charge in [0.2, 0.25) is 0 Å². The Labute approximate surface area is 150 Å². The molecule has 1 heterocycles. The van der Waals surface area contributed by atoms with Gasteiger partial charge in [0.25, 0.3) is 5.91 Å². The monoisotopic (exact) mass is 340 g/mol. The summed E-state index contributed by atoms with van der Waals surface area (Å²) in [5.41, 5.74) is 4.30. The van der Waals surface area contributed by atoms with Crippen LogP contribution in [-0.2, 0) is 0 Å². The molecular formula is C21H16N4O. The minimum Gasteiger partial charge on any atom is -0.355 e. The molecule has 0 bridgehead atoms. The van der Waals surface area contributed by atoms with Gasteiger partial charge in [0.15, 0.2) is 0 Å². The first kappa shape index (κ1) is 15.8. The molecule has 2 N–H and O–H groups in total. The summed E-state index contributed by atoms with van der Waals surface area (Å²) in [7, 11) is 0. The van der Waals surface area contributed by atoms with E-state index in [4.69, 9.17) is 0 Å². The number of hydrogen-bond donors (Lipinski definition) is 2. The van der Waals surface area contributed by atoms with Crippen molar-refractivity contribution in [3.8, 4) is 0 Å². The average Bonchev–Trinajstić information content (AvgIpc) is 2.68. The summed E-state index contributed by atoms with van der Waals surface area (Å²) < 4.78 is 0. The molecule has 0 atom stereocenters. The largest absolute Gasteiger partial charge is 0.355 e. The van der Waals surface area contributed by atoms with Crippen LogP contribution in [0.25, 0.3) is 11.0 Å². The van der Waals surface area contributed by atoms with Crippen LogP contribution < -0.4 is 10.6 Å². The van der Waals surface area contributed by atoms with Gasteiger partial charge in [-0.2, -0.15) is 0 Å². The van der Waals surface area contributed by atoms with Crippen molar-refractivity contribution in [2.24, 2.45) is 0 Å². The Balaban J connectivity index is 1.52. The Morgan fingerprint density at radius 2 is 1.42 bits per heavy atom. The van der Waals surface area contributed by atoms with Gasteiger partial charge in [-0.15, -0.1) is 0 Å². The highest BCUT2D eigenvalue weighted by atomic mass is 16.1. The lowest BCUT2D eigenvalue weighted by atomic mass is 10.2. The fourth-order valence-corrected chi connectivity index (χ4v) is 2.62. The summed E-state index contributed by atoms with van der Waals surface area (Å²) in [6, 6.07) is 24.9. The van der Waals surface area contributed by atoms with Crippen LogP contribution in [0, 0.1) is 0 Å². The third-order valence-electron chi connectivity index (χ3n) is 3.86. The van der Waals surface area contributed by atoms with E-state index in [1.165, 1.54) is 6.20 Å². The Morgan fingerprint density at radius 1 is 0.731 bits per heavy atom. The Kier molecular flexibility index (Phi) is 4.26. The van der Waals surface area contributed by atoms with Gasteiger partial charge in [0.1, 0.15) is 5.69 Å². The number of carbonyl (C=O) groups excluding carboxylic acids is 1. The second-order valence-electron chi connectivity index (χ2n) is 5.77. The Bertz CT molecular complexity index is 1060. The van der Waals surface area contributed by atoms with E-state index in [0.29, 0.717) is 11.2 Å². The van der Waals surface area contributed by atoms with Crippen molar-refractivity contribution in [2.45, 2.75) is 0 Å². The molecule has 0 saturated heterocycles. The number of anilines is 3. The number of amides is 1. The molecule has 0 radical (unpaired) electrons. The summed E-state index contributed by atoms with van der Waals surface area (Å²) in [6.45, 7) is 0. The number of carbonyl (C=O) groups is 1. The number of rotatable bonds is 4. The number of nitrogens with one attached hydrogen (secondary N) is 2. The molecule has 4 rings (SSSR count). The summed E-state index contributed by atoms with van der Waals surface area (Å²) in [4.78, 5) is 21.1. The molecule has 0 unspecified atom stereocenters. The van der Waals surface area contributed by atoms with Crippen molar-refractivity contribution in [3.63, 3.8) is 0 Å². The van der Waals surface area contributed by atoms with Crippen LogP contribution in [-0.4, -0.2) is 15.9 Å². The van der Waals surface area contributed by atoms with Gasteiger partial charge in [0.05, 0.1) is 17.2 Å². The van der Waals surface area contributed by atoms with Crippen LogP contribution in [0.15, 0.2) is 85.1 Å². The fraction of sp³-hybridized carbons (Fsp3) is 0. The van der Waals surface area contributed by atoms with Gasteiger partial charge < -0.3 is 10.6 Å². The summed E-state index contributed by atoms with van der Waals surface area (Å²) >= 11 is 0. The molecule has 0 aliphatic rings. The van der Waals surface area contributed by atoms with E-state index in [0.717, 1.165) is 16.9 Å². The van der Waals surface area contributed by atoms with E-state index < -0.39 is 0 Å². The molecule has 4 aromatic rings. The van der Waals surface area contributed by atoms with E-state index in [-0.39, 0.29) is 11.6 Å². The normalized spacial score (nSPS) is 10.5. The van der Waals surface area contributed by atoms with Crippen LogP contribution >= 0.6 is 0 Å². The van der Waals surface area contributed by atoms with Gasteiger partial charge in [0, 0.05) is 17.1 Å². The zero-order valence-corrected chi connectivity index (χ0v) is 13.9. The van der Waals surface area contributed by atoms with Crippen LogP contribution in [0.1, 0.15) is 10.5 Å². The first-order valence-corrected chi connectivity index (χ1v) is 8.23. The topological polar surface area (TPSA) is 66.9 Å². The molecule has 0 aliphatic heterocycles. The molecule has 0 spiro atoms. The van der Waals surface area contributed by atoms with Crippen molar-refractivity contribution in [3.05, 3.63) is 90.8 Å². The maximum atomic E-state index is 12.5. The highest BCUT2D eigenvalue weighted by Crippen LogP contribution is 2.20. The third kappa shape index (κ3) is 3.52. The van der Waals surface area contributed by atoms with Crippen molar-refractivity contribution in [1.29, 1.82) is 0 Å². The molecule has 26 heavy (non-hydrogen) atoms. The number of nitrogens with zero attached hydrogens (tertiary/aromatic N) is 2. The van der Waals surface area contributed by atoms with Gasteiger partial charge >= 0.3 is 0 Å². The van der Waals surface area contributed by atoms with Gasteiger partial charge in [-0.3, -0.25) is 9.78 Å². The lowest BCUT2D eigenvalue weighted by molar-refractivity contribution is 0.102. The smallest absolute Gasteiger partial charge is 0.275 e. The molecule has 5 heteroatoms. The summed E-state index contributed by atoms with van der Waals surface area (Å²) in [5.74, 6) is -0.292. The maximum Gasteiger partial charge on any atom is 0.275 e. The van der Waals surface area contributed by atoms with Crippen molar-refractivity contribution < 1.29 is 4.79 Å². The van der Waals surface area contributed by atoms with E-state index >= 15 is 0 Å². The van der Waals surface area contributed by atoms with E-state index in [1.807, 2.05) is 78.9 Å². The van der Waals surface area contributed by atoms with Gasteiger partial charge in [-0.25, -0.2) is 4.98 Å². The van der Waals surface area contributed by atoms with Crippen LogP contribution in [0.4, 0.5) is 17.1 Å². The van der Waals surface area contributed by atoms with Crippen LogP contribution in [0.5, 0.6) is 0 Å². The van der Waals surface area contributed by atoms with Gasteiger partial charge in [-0.1, -0.05) is 36.4 Å². The molecule has 1 aromatic heterocycles. The summed E-state index contributed by atoms with van der Waals surface area (Å²) in [5, 5.41) is 6.17. The second-order valence-corrected chi connectivity index (χ2v) is 5.77. The van der Waals surface area contributed by atoms with Crippen LogP contribution in [0.3, 0.4) is 0 Å². The standard InChI is InChI=1S/C21H16N4O/c26-21(20-14-22-18-11-4-5-12-19(18)25-20)24-17-10-6-9-16(13-17)23-15-7-2-1-3-8-15/h1-14,23H,(H,24,26). The number of hydrogen-bond acceptors (Lipinski definition) is 4. The van der Waals surface area contributed by atoms with Crippen molar-refractivity contribution in [2.75, 3.05) is 10.6 Å². The molecule has 5 nitrogen and oxygen atoms in total. The quantitative estimate of drug-likeness (QED) is 0.568. The molecule has 126 valence electrons. The zero-order chi connectivity index (χ0) is 17.8. The number of para-hydroxylation sites is 3. The Hall–Kier alpha value is -3.73. The first-order chi connectivity index (χ1) is 12.8. The maximum absolute atomic E-state index is 12.5. The minimum atomic E-state index is -0.292. The predicted octanol–water partition coefficient (Wildman–Crippen LogP) is 4.63. The lowest BCUT2D eigenvalue weighted by Crippen LogP contribution is -2.14. The predicted molar refractivity (Wildman–Crippen MR) is 104 cm³/mol. The van der Waals surface area contributed by atoms with E-state index in [9.17, 15) is 4.79 Å². The average molecular weight is 340 g/mol. The fourth-order valence-electron chi connectivity index (χ4n) is 2.62. The van der Waals surface area contributed by atoms with E-state index in [1.54, 1.807) is 0 Å².